The van der Waals surface area contributed by atoms with Crippen molar-refractivity contribution in [2.24, 2.45) is 0 Å². The molecule has 0 aromatic rings. The topological polar surface area (TPSA) is 86.5 Å². The number of carbonyl (C=O) groups excluding carboxylic acids is 1. The molecule has 0 radical (unpaired) electrons. The van der Waals surface area contributed by atoms with Gasteiger partial charge in [0.25, 0.3) is 0 Å². The van der Waals surface area contributed by atoms with Crippen molar-refractivity contribution in [3.05, 3.63) is 0 Å². The second-order valence-corrected chi connectivity index (χ2v) is 11.0. The summed E-state index contributed by atoms with van der Waals surface area (Å²) >= 11 is 0.00694. The standard InChI is InChI=1S/C22H43N5O2.2ClH.Mn/c1-2-22(28)29-16-17-15-27-21-10-6-5-9-20(21)26-14-13-25-19-8-4-3-7-18(19)24-12-11-23-17;;;/h17-21,23-27H,2-16H2,1H3;2*1H;/q;;;+2/p-2/t17-,18-,19-,20-,21-;;;/m1.../s1. The van der Waals surface area contributed by atoms with E-state index in [9.17, 15) is 4.79 Å². The number of hydrogen-bond donors (Lipinski definition) is 5. The molecule has 5 N–H and O–H groups in total. The first-order valence-electron chi connectivity index (χ1n) is 12.4. The molecule has 3 fully saturated rings. The summed E-state index contributed by atoms with van der Waals surface area (Å²) in [5.41, 5.74) is 0. The van der Waals surface area contributed by atoms with Gasteiger partial charge in [0.05, 0.1) is 6.04 Å². The molecule has 3 rings (SSSR count). The number of esters is 1. The molecular weight excluding hydrogens is 492 g/mol. The van der Waals surface area contributed by atoms with Gasteiger partial charge < -0.3 is 31.3 Å². The number of nitrogens with one attached hydrogen (secondary N) is 5. The summed E-state index contributed by atoms with van der Waals surface area (Å²) in [5.74, 6) is -0.117. The van der Waals surface area contributed by atoms with Crippen LogP contribution in [0.5, 0.6) is 0 Å². The van der Waals surface area contributed by atoms with Gasteiger partial charge in [0.15, 0.2) is 0 Å². The normalized spacial score (nSPS) is 32.7. The van der Waals surface area contributed by atoms with Crippen LogP contribution in [-0.2, 0) is 22.7 Å². The molecule has 2 saturated carbocycles. The molecule has 1 heterocycles. The second kappa shape index (κ2) is 17.8. The molecule has 0 aromatic heterocycles. The van der Waals surface area contributed by atoms with E-state index in [2.05, 4.69) is 26.6 Å². The van der Waals surface area contributed by atoms with E-state index < -0.39 is 0 Å². The van der Waals surface area contributed by atoms with Crippen LogP contribution in [0.3, 0.4) is 0 Å². The predicted octanol–water partition coefficient (Wildman–Crippen LogP) is 2.27. The molecule has 1 aliphatic heterocycles. The fraction of sp³-hybridized carbons (Fsp3) is 0.955. The van der Waals surface area contributed by atoms with Crippen LogP contribution in [0.4, 0.5) is 0 Å². The summed E-state index contributed by atoms with van der Waals surface area (Å²) in [6.45, 7) is 7.04. The Bertz CT molecular complexity index is 509. The quantitative estimate of drug-likeness (QED) is 0.280. The first-order valence-corrected chi connectivity index (χ1v) is 15.6. The molecule has 7 nitrogen and oxygen atoms in total. The average molecular weight is 535 g/mol. The molecule has 0 unspecified atom stereocenters. The van der Waals surface area contributed by atoms with Crippen molar-refractivity contribution >= 4 is 26.2 Å². The van der Waals surface area contributed by atoms with Gasteiger partial charge in [0.2, 0.25) is 0 Å². The summed E-state index contributed by atoms with van der Waals surface area (Å²) in [6.07, 6.45) is 10.7. The molecule has 0 aromatic carbocycles. The van der Waals surface area contributed by atoms with E-state index in [0.29, 0.717) is 37.2 Å². The van der Waals surface area contributed by atoms with Crippen LogP contribution in [0.2, 0.25) is 0 Å². The van der Waals surface area contributed by atoms with E-state index >= 15 is 0 Å². The van der Waals surface area contributed by atoms with Crippen LogP contribution in [-0.4, -0.2) is 75.5 Å². The number of halogens is 2. The van der Waals surface area contributed by atoms with E-state index in [1.807, 2.05) is 6.92 Å². The zero-order valence-electron chi connectivity index (χ0n) is 19.4. The van der Waals surface area contributed by atoms with Gasteiger partial charge in [-0.3, -0.25) is 4.79 Å². The van der Waals surface area contributed by atoms with E-state index in [-0.39, 0.29) is 25.1 Å². The first-order chi connectivity index (χ1) is 15.7. The third kappa shape index (κ3) is 11.2. The van der Waals surface area contributed by atoms with Crippen LogP contribution in [0.15, 0.2) is 0 Å². The Morgan fingerprint density at radius 2 is 1.19 bits per heavy atom. The van der Waals surface area contributed by atoms with Crippen molar-refractivity contribution < 1.29 is 22.7 Å². The summed E-state index contributed by atoms with van der Waals surface area (Å²) in [7, 11) is 9.59. The van der Waals surface area contributed by atoms with Crippen LogP contribution >= 0.6 is 20.2 Å². The Morgan fingerprint density at radius 1 is 0.781 bits per heavy atom. The van der Waals surface area contributed by atoms with E-state index in [0.717, 1.165) is 32.7 Å². The number of hydrogen-bond acceptors (Lipinski definition) is 7. The molecule has 3 aliphatic rings. The van der Waals surface area contributed by atoms with Gasteiger partial charge in [-0.25, -0.2) is 0 Å². The summed E-state index contributed by atoms with van der Waals surface area (Å²) in [5, 5.41) is 18.8. The molecule has 189 valence electrons. The first kappa shape index (κ1) is 28.6. The van der Waals surface area contributed by atoms with E-state index in [1.165, 1.54) is 51.4 Å². The number of ether oxygens (including phenoxy) is 1. The summed E-state index contributed by atoms with van der Waals surface area (Å²) < 4.78 is 5.45. The number of rotatable bonds is 3. The fourth-order valence-corrected chi connectivity index (χ4v) is 5.07. The SMILES string of the molecule is CCC(=O)OC[C@H]1CN[C@@H]2CCCC[C@H]2NCCN[C@@H]2CCCC[C@H]2NCCN1.[Cl][Mn][Cl]. The minimum atomic E-state index is -0.117. The van der Waals surface area contributed by atoms with Crippen LogP contribution in [0.25, 0.3) is 0 Å². The Balaban J connectivity index is 0.00000114. The van der Waals surface area contributed by atoms with Gasteiger partial charge in [-0.05, 0) is 25.7 Å². The molecule has 0 amide bonds. The van der Waals surface area contributed by atoms with Gasteiger partial charge in [-0.2, -0.15) is 0 Å². The number of carbonyl (C=O) groups is 1. The monoisotopic (exact) mass is 534 g/mol. The molecule has 1 saturated heterocycles. The van der Waals surface area contributed by atoms with Crippen LogP contribution in [0.1, 0.15) is 64.7 Å². The minimum absolute atomic E-state index is 0.00694. The molecule has 2 aliphatic carbocycles. The Morgan fingerprint density at radius 3 is 1.62 bits per heavy atom. The van der Waals surface area contributed by atoms with E-state index in [4.69, 9.17) is 24.9 Å². The van der Waals surface area contributed by atoms with Crippen molar-refractivity contribution in [2.75, 3.05) is 39.3 Å². The third-order valence-corrected chi connectivity index (χ3v) is 6.80. The summed E-state index contributed by atoms with van der Waals surface area (Å²) in [4.78, 5) is 11.6. The maximum absolute atomic E-state index is 11.6. The van der Waals surface area contributed by atoms with E-state index in [1.54, 1.807) is 0 Å². The van der Waals surface area contributed by atoms with Gasteiger partial charge >= 0.3 is 39.3 Å². The maximum atomic E-state index is 11.6. The molecule has 5 atom stereocenters. The van der Waals surface area contributed by atoms with Crippen molar-refractivity contribution in [2.45, 2.75) is 94.9 Å². The molecule has 0 spiro atoms. The molecule has 10 heteroatoms. The Labute approximate surface area is 209 Å². The van der Waals surface area contributed by atoms with Crippen molar-refractivity contribution in [1.82, 2.24) is 26.6 Å². The zero-order valence-corrected chi connectivity index (χ0v) is 22.1. The van der Waals surface area contributed by atoms with Gasteiger partial charge in [-0.15, -0.1) is 0 Å². The van der Waals surface area contributed by atoms with Crippen molar-refractivity contribution in [3.8, 4) is 0 Å². The molecule has 32 heavy (non-hydrogen) atoms. The third-order valence-electron chi connectivity index (χ3n) is 6.80. The van der Waals surface area contributed by atoms with Crippen LogP contribution < -0.4 is 26.6 Å². The Hall–Kier alpha value is 0.369. The van der Waals surface area contributed by atoms with Gasteiger partial charge in [0, 0.05) is 63.3 Å². The fourth-order valence-electron chi connectivity index (χ4n) is 5.07. The van der Waals surface area contributed by atoms with Crippen molar-refractivity contribution in [1.29, 1.82) is 0 Å². The average Bonchev–Trinajstić information content (AvgIpc) is 2.82. The van der Waals surface area contributed by atoms with Crippen molar-refractivity contribution in [3.63, 3.8) is 0 Å². The van der Waals surface area contributed by atoms with Gasteiger partial charge in [0.1, 0.15) is 6.61 Å². The molecule has 0 bridgehead atoms. The number of fused-ring (bicyclic) bond motifs is 2. The second-order valence-electron chi connectivity index (χ2n) is 9.01. The van der Waals surface area contributed by atoms with Gasteiger partial charge in [-0.1, -0.05) is 32.6 Å². The predicted molar refractivity (Wildman–Crippen MR) is 129 cm³/mol. The Kier molecular flexibility index (Phi) is 15.9. The molecular formula is C22H43Cl2MnN5O2. The van der Waals surface area contributed by atoms with Crippen LogP contribution in [0, 0.1) is 0 Å². The summed E-state index contributed by atoms with van der Waals surface area (Å²) in [6, 6.07) is 2.33. The zero-order chi connectivity index (χ0) is 23.0.